The Kier molecular flexibility index (Phi) is 6.66. The van der Waals surface area contributed by atoms with Crippen molar-refractivity contribution in [3.8, 4) is 0 Å². The molecule has 0 unspecified atom stereocenters. The maximum atomic E-state index is 14.1. The number of aromatic nitrogens is 2. The van der Waals surface area contributed by atoms with Gasteiger partial charge >= 0.3 is 0 Å². The van der Waals surface area contributed by atoms with E-state index in [0.717, 1.165) is 40.6 Å². The highest BCUT2D eigenvalue weighted by Gasteiger charge is 2.27. The zero-order chi connectivity index (χ0) is 26.3. The number of halogens is 1. The van der Waals surface area contributed by atoms with E-state index >= 15 is 0 Å². The highest BCUT2D eigenvalue weighted by molar-refractivity contribution is 6.74. The Hall–Kier alpha value is -3.45. The molecule has 0 bridgehead atoms. The van der Waals surface area contributed by atoms with Crippen molar-refractivity contribution in [3.05, 3.63) is 83.4 Å². The predicted molar refractivity (Wildman–Crippen MR) is 152 cm³/mol. The topological polar surface area (TPSA) is 50.2 Å². The smallest absolute Gasteiger partial charge is 0.272 e. The van der Waals surface area contributed by atoms with E-state index in [1.54, 1.807) is 18.3 Å². The quantitative estimate of drug-likeness (QED) is 0.325. The molecule has 1 amide bonds. The molecule has 1 saturated heterocycles. The van der Waals surface area contributed by atoms with Gasteiger partial charge in [-0.3, -0.25) is 4.79 Å². The van der Waals surface area contributed by atoms with Crippen LogP contribution in [0.4, 0.5) is 15.9 Å². The number of nitrogens with zero attached hydrogens (tertiary/aromatic N) is 3. The molecule has 4 aromatic rings. The van der Waals surface area contributed by atoms with Gasteiger partial charge in [-0.2, -0.15) is 0 Å². The number of nitrogens with one attached hydrogen (secondary N) is 1. The monoisotopic (exact) mass is 513 g/mol. The third kappa shape index (κ3) is 5.05. The number of carbonyl (C=O) groups excluding carboxylic acids is 1. The number of hydrogen-bond donors (Lipinski definition) is 1. The van der Waals surface area contributed by atoms with Gasteiger partial charge < -0.3 is 14.8 Å². The van der Waals surface area contributed by atoms with Gasteiger partial charge in [0.15, 0.2) is 0 Å². The van der Waals surface area contributed by atoms with Crippen molar-refractivity contribution in [2.24, 2.45) is 0 Å². The first-order valence-corrected chi connectivity index (χ1v) is 15.4. The Bertz CT molecular complexity index is 1450. The fraction of sp³-hybridized carbons (Fsp3) is 0.333. The van der Waals surface area contributed by atoms with Gasteiger partial charge in [0.05, 0.1) is 20.7 Å². The lowest BCUT2D eigenvalue weighted by Crippen LogP contribution is -2.37. The largest absolute Gasteiger partial charge is 0.356 e. The predicted octanol–water partition coefficient (Wildman–Crippen LogP) is 5.95. The molecule has 1 radical (unpaired) electrons. The van der Waals surface area contributed by atoms with Crippen LogP contribution in [0.1, 0.15) is 48.8 Å². The minimum Gasteiger partial charge on any atom is -0.356 e. The molecule has 7 heteroatoms. The second kappa shape index (κ2) is 9.78. The van der Waals surface area contributed by atoms with Gasteiger partial charge in [0.25, 0.3) is 5.91 Å². The zero-order valence-electron chi connectivity index (χ0n) is 22.2. The summed E-state index contributed by atoms with van der Waals surface area (Å²) in [4.78, 5) is 20.7. The van der Waals surface area contributed by atoms with Crippen molar-refractivity contribution in [3.63, 3.8) is 0 Å². The summed E-state index contributed by atoms with van der Waals surface area (Å²) in [5.41, 5.74) is 4.34. The molecule has 1 aliphatic rings. The molecule has 5 rings (SSSR count). The Balaban J connectivity index is 1.61. The molecule has 191 valence electrons. The molecule has 1 aliphatic heterocycles. The zero-order valence-corrected chi connectivity index (χ0v) is 23.2. The minimum atomic E-state index is -1.03. The van der Waals surface area contributed by atoms with Crippen molar-refractivity contribution in [1.82, 2.24) is 9.55 Å². The second-order valence-corrected chi connectivity index (χ2v) is 13.6. The molecule has 0 aliphatic carbocycles. The molecule has 3 heterocycles. The molecular weight excluding hydrogens is 479 g/mol. The molecule has 2 aromatic heterocycles. The summed E-state index contributed by atoms with van der Waals surface area (Å²) < 4.78 is 16.1. The minimum absolute atomic E-state index is 0.0171. The van der Waals surface area contributed by atoms with Crippen LogP contribution in [0.5, 0.6) is 0 Å². The molecular formula is C30H34FN4OSi. The SMILES string of the molecule is C[Si](C)c1c(C(=O)Nc2ccc(N3CCC3)nc2)n(Cc2cccc(F)c2)c2ccc(C(C)(C)C)cc12. The Morgan fingerprint density at radius 3 is 2.46 bits per heavy atom. The molecule has 1 fully saturated rings. The number of pyridine rings is 1. The standard InChI is InChI=1S/C30H34FN4OSi/c1-30(2,3)21-10-12-25-24(17-21)28(37(4)5)27(35(25)19-20-8-6-9-22(31)16-20)29(36)33-23-11-13-26(32-18-23)34-14-7-15-34/h6,8-13,16-18H,7,14-15,19H2,1-5H3,(H,33,36). The van der Waals surface area contributed by atoms with E-state index in [4.69, 9.17) is 0 Å². The van der Waals surface area contributed by atoms with E-state index in [1.807, 2.05) is 18.2 Å². The van der Waals surface area contributed by atoms with Crippen LogP contribution in [-0.2, 0) is 12.0 Å². The first kappa shape index (κ1) is 25.2. The number of rotatable bonds is 6. The number of amides is 1. The maximum absolute atomic E-state index is 14.1. The van der Waals surface area contributed by atoms with Crippen molar-refractivity contribution in [1.29, 1.82) is 0 Å². The highest BCUT2D eigenvalue weighted by Crippen LogP contribution is 2.29. The van der Waals surface area contributed by atoms with Gasteiger partial charge in [0.2, 0.25) is 0 Å². The summed E-state index contributed by atoms with van der Waals surface area (Å²) in [6.45, 7) is 13.5. The van der Waals surface area contributed by atoms with E-state index in [-0.39, 0.29) is 17.1 Å². The summed E-state index contributed by atoms with van der Waals surface area (Å²) in [6.07, 6.45) is 2.92. The molecule has 37 heavy (non-hydrogen) atoms. The van der Waals surface area contributed by atoms with Crippen LogP contribution in [0, 0.1) is 5.82 Å². The summed E-state index contributed by atoms with van der Waals surface area (Å²) in [5, 5.41) is 5.31. The number of anilines is 2. The van der Waals surface area contributed by atoms with Crippen LogP contribution in [0.3, 0.4) is 0 Å². The van der Waals surface area contributed by atoms with Crippen LogP contribution >= 0.6 is 0 Å². The van der Waals surface area contributed by atoms with Crippen LogP contribution in [0.25, 0.3) is 10.9 Å². The van der Waals surface area contributed by atoms with Gasteiger partial charge in [0.1, 0.15) is 17.3 Å². The lowest BCUT2D eigenvalue weighted by atomic mass is 9.86. The number of benzene rings is 2. The highest BCUT2D eigenvalue weighted by atomic mass is 28.3. The van der Waals surface area contributed by atoms with E-state index in [1.165, 1.54) is 18.1 Å². The van der Waals surface area contributed by atoms with Crippen LogP contribution < -0.4 is 15.4 Å². The van der Waals surface area contributed by atoms with E-state index in [0.29, 0.717) is 17.9 Å². The van der Waals surface area contributed by atoms with Crippen molar-refractivity contribution < 1.29 is 9.18 Å². The second-order valence-electron chi connectivity index (χ2n) is 11.1. The lowest BCUT2D eigenvalue weighted by Gasteiger charge is -2.31. The summed E-state index contributed by atoms with van der Waals surface area (Å²) in [5.74, 6) is 0.497. The van der Waals surface area contributed by atoms with Crippen LogP contribution in [0.2, 0.25) is 13.1 Å². The van der Waals surface area contributed by atoms with Gasteiger partial charge in [-0.1, -0.05) is 52.1 Å². The Morgan fingerprint density at radius 1 is 1.08 bits per heavy atom. The summed E-state index contributed by atoms with van der Waals surface area (Å²) in [7, 11) is -1.03. The van der Waals surface area contributed by atoms with Crippen molar-refractivity contribution in [2.45, 2.75) is 52.2 Å². The van der Waals surface area contributed by atoms with Crippen LogP contribution in [-0.4, -0.2) is 37.3 Å². The Labute approximate surface area is 219 Å². The van der Waals surface area contributed by atoms with Gasteiger partial charge in [-0.15, -0.1) is 0 Å². The van der Waals surface area contributed by atoms with E-state index in [9.17, 15) is 9.18 Å². The van der Waals surface area contributed by atoms with E-state index in [2.05, 4.69) is 71.8 Å². The third-order valence-electron chi connectivity index (χ3n) is 7.06. The Morgan fingerprint density at radius 2 is 1.86 bits per heavy atom. The normalized spacial score (nSPS) is 13.8. The first-order valence-electron chi connectivity index (χ1n) is 12.9. The van der Waals surface area contributed by atoms with Gasteiger partial charge in [-0.05, 0) is 69.9 Å². The molecule has 0 spiro atoms. The van der Waals surface area contributed by atoms with Crippen molar-refractivity contribution in [2.75, 3.05) is 23.3 Å². The molecule has 0 atom stereocenters. The van der Waals surface area contributed by atoms with Gasteiger partial charge in [-0.25, -0.2) is 9.37 Å². The fourth-order valence-corrected chi connectivity index (χ4v) is 6.39. The number of carbonyl (C=O) groups is 1. The van der Waals surface area contributed by atoms with Crippen LogP contribution in [0.15, 0.2) is 60.8 Å². The number of fused-ring (bicyclic) bond motifs is 1. The molecule has 1 N–H and O–H groups in total. The molecule has 2 aromatic carbocycles. The van der Waals surface area contributed by atoms with Crippen molar-refractivity contribution >= 4 is 42.3 Å². The summed E-state index contributed by atoms with van der Waals surface area (Å²) >= 11 is 0. The first-order chi connectivity index (χ1) is 17.6. The fourth-order valence-electron chi connectivity index (χ4n) is 4.93. The van der Waals surface area contributed by atoms with Gasteiger partial charge in [0, 0.05) is 25.2 Å². The third-order valence-corrected chi connectivity index (χ3v) is 8.57. The summed E-state index contributed by atoms with van der Waals surface area (Å²) in [6, 6.07) is 17.0. The number of hydrogen-bond acceptors (Lipinski definition) is 3. The maximum Gasteiger partial charge on any atom is 0.272 e. The average molecular weight is 514 g/mol. The lowest BCUT2D eigenvalue weighted by molar-refractivity contribution is 0.102. The molecule has 0 saturated carbocycles. The molecule has 5 nitrogen and oxygen atoms in total. The average Bonchev–Trinajstić information content (AvgIpc) is 3.12. The van der Waals surface area contributed by atoms with E-state index < -0.39 is 8.80 Å².